The van der Waals surface area contributed by atoms with E-state index in [2.05, 4.69) is 9.97 Å². The summed E-state index contributed by atoms with van der Waals surface area (Å²) in [7, 11) is 0. The Hall–Kier alpha value is -2.77. The van der Waals surface area contributed by atoms with Crippen LogP contribution in [-0.2, 0) is 16.0 Å². The molecule has 0 spiro atoms. The van der Waals surface area contributed by atoms with Gasteiger partial charge in [-0.25, -0.2) is 9.37 Å². The number of aromatic nitrogens is 2. The molecule has 1 amide bonds. The molecule has 0 bridgehead atoms. The number of aryl methyl sites for hydroxylation is 2. The molecule has 7 nitrogen and oxygen atoms in total. The average Bonchev–Trinajstić information content (AvgIpc) is 2.71. The van der Waals surface area contributed by atoms with Crippen LogP contribution in [0, 0.1) is 12.7 Å². The van der Waals surface area contributed by atoms with E-state index in [9.17, 15) is 19.1 Å². The Bertz CT molecular complexity index is 785. The van der Waals surface area contributed by atoms with Crippen LogP contribution in [0.2, 0.25) is 0 Å². The first-order valence-electron chi connectivity index (χ1n) is 10.4. The highest BCUT2D eigenvalue weighted by atomic mass is 19.1. The molecule has 1 heterocycles. The fourth-order valence-electron chi connectivity index (χ4n) is 2.88. The minimum atomic E-state index is -0.737. The van der Waals surface area contributed by atoms with E-state index in [0.29, 0.717) is 50.3 Å². The molecule has 0 saturated carbocycles. The summed E-state index contributed by atoms with van der Waals surface area (Å²) in [4.78, 5) is 34.0. The fourth-order valence-corrected chi connectivity index (χ4v) is 2.88. The number of carbonyl (C=O) groups excluding carboxylic acids is 2. The predicted octanol–water partition coefficient (Wildman–Crippen LogP) is 3.90. The number of aromatic hydroxyl groups is 1. The zero-order valence-electron chi connectivity index (χ0n) is 18.3. The van der Waals surface area contributed by atoms with E-state index in [1.165, 1.54) is 6.07 Å². The van der Waals surface area contributed by atoms with Gasteiger partial charge in [-0.2, -0.15) is 0 Å². The number of hydrogen-bond acceptors (Lipinski definition) is 6. The first kappa shape index (κ1) is 25.3. The van der Waals surface area contributed by atoms with Crippen LogP contribution in [0.3, 0.4) is 0 Å². The number of ether oxygens (including phenoxy) is 1. The number of esters is 1. The quantitative estimate of drug-likeness (QED) is 0.455. The van der Waals surface area contributed by atoms with E-state index in [1.54, 1.807) is 18.7 Å². The molecule has 0 aliphatic rings. The smallest absolute Gasteiger partial charge is 0.305 e. The van der Waals surface area contributed by atoms with Gasteiger partial charge >= 0.3 is 5.97 Å². The maximum Gasteiger partial charge on any atom is 0.305 e. The molecule has 1 aromatic rings. The summed E-state index contributed by atoms with van der Waals surface area (Å²) in [6.07, 6.45) is 3.69. The average molecular weight is 422 g/mol. The fraction of sp³-hybridized carbons (Fsp3) is 0.545. The Morgan fingerprint density at radius 2 is 1.97 bits per heavy atom. The van der Waals surface area contributed by atoms with Gasteiger partial charge in [0.2, 0.25) is 5.88 Å². The summed E-state index contributed by atoms with van der Waals surface area (Å²) in [6.45, 7) is 8.51. The number of carbonyl (C=O) groups is 2. The highest BCUT2D eigenvalue weighted by Gasteiger charge is 2.17. The monoisotopic (exact) mass is 421 g/mol. The van der Waals surface area contributed by atoms with Crippen molar-refractivity contribution in [3.05, 3.63) is 41.1 Å². The third-order valence-electron chi connectivity index (χ3n) is 4.34. The maximum absolute atomic E-state index is 14.6. The molecule has 0 saturated heterocycles. The summed E-state index contributed by atoms with van der Waals surface area (Å²) in [5.41, 5.74) is 0.590. The lowest BCUT2D eigenvalue weighted by Crippen LogP contribution is -2.32. The van der Waals surface area contributed by atoms with Gasteiger partial charge in [0.15, 0.2) is 0 Å². The van der Waals surface area contributed by atoms with E-state index in [4.69, 9.17) is 4.74 Å². The SMILES string of the molecule is CCCN(CC)C(=O)c1cc(C)nc(CCCCC(=O)OCC)c(O)nccc1F. The lowest BCUT2D eigenvalue weighted by molar-refractivity contribution is -0.143. The van der Waals surface area contributed by atoms with Crippen LogP contribution >= 0.6 is 0 Å². The molecular weight excluding hydrogens is 389 g/mol. The number of rotatable bonds is 10. The topological polar surface area (TPSA) is 92.6 Å². The van der Waals surface area contributed by atoms with Gasteiger partial charge in [0, 0.05) is 31.4 Å². The van der Waals surface area contributed by atoms with Crippen molar-refractivity contribution in [1.82, 2.24) is 14.9 Å². The Kier molecular flexibility index (Phi) is 11.3. The summed E-state index contributed by atoms with van der Waals surface area (Å²) in [5, 5.41) is 10.2. The van der Waals surface area contributed by atoms with E-state index < -0.39 is 11.7 Å². The summed E-state index contributed by atoms with van der Waals surface area (Å²) < 4.78 is 19.5. The van der Waals surface area contributed by atoms with Crippen molar-refractivity contribution < 1.29 is 23.8 Å². The molecule has 166 valence electrons. The maximum atomic E-state index is 14.6. The lowest BCUT2D eigenvalue weighted by atomic mass is 10.1. The van der Waals surface area contributed by atoms with E-state index in [-0.39, 0.29) is 23.8 Å². The molecule has 0 atom stereocenters. The normalized spacial score (nSPS) is 10.3. The van der Waals surface area contributed by atoms with Crippen molar-refractivity contribution in [2.45, 2.75) is 59.8 Å². The molecule has 1 aromatic heterocycles. The lowest BCUT2D eigenvalue weighted by Gasteiger charge is -2.20. The standard InChI is InChI=1S/C22H32FN3O4/c1-5-14-26(6-2)22(29)17-15-16(4)25-19(21(28)24-13-12-18(17)23)10-8-9-11-20(27)30-7-3/h12-13,15H,5-11,14H2,1-4H3,(H,24,28). The Morgan fingerprint density at radius 3 is 2.60 bits per heavy atom. The molecule has 30 heavy (non-hydrogen) atoms. The molecule has 1 rings (SSSR count). The van der Waals surface area contributed by atoms with Crippen molar-refractivity contribution in [3.8, 4) is 5.88 Å². The Labute approximate surface area is 177 Å². The summed E-state index contributed by atoms with van der Waals surface area (Å²) in [6, 6.07) is 2.44. The van der Waals surface area contributed by atoms with Crippen molar-refractivity contribution in [1.29, 1.82) is 0 Å². The molecule has 0 radical (unpaired) electrons. The minimum absolute atomic E-state index is 0.0962. The van der Waals surface area contributed by atoms with Crippen LogP contribution in [-0.4, -0.2) is 51.5 Å². The van der Waals surface area contributed by atoms with Gasteiger partial charge in [0.1, 0.15) is 11.5 Å². The van der Waals surface area contributed by atoms with Gasteiger partial charge in [0.05, 0.1) is 12.2 Å². The van der Waals surface area contributed by atoms with Crippen molar-refractivity contribution >= 4 is 11.9 Å². The number of nitrogens with zero attached hydrogens (tertiary/aromatic N) is 3. The molecular formula is C22H32FN3O4. The Morgan fingerprint density at radius 1 is 1.23 bits per heavy atom. The molecule has 0 unspecified atom stereocenters. The molecule has 0 aromatic carbocycles. The Balaban J connectivity index is 3.18. The molecule has 0 aliphatic heterocycles. The van der Waals surface area contributed by atoms with Gasteiger partial charge in [-0.3, -0.25) is 14.6 Å². The van der Waals surface area contributed by atoms with Crippen LogP contribution in [0.25, 0.3) is 0 Å². The summed E-state index contributed by atoms with van der Waals surface area (Å²) in [5.74, 6) is -1.74. The zero-order valence-corrected chi connectivity index (χ0v) is 18.3. The molecule has 8 heteroatoms. The molecule has 0 aliphatic carbocycles. The van der Waals surface area contributed by atoms with Gasteiger partial charge < -0.3 is 14.7 Å². The third kappa shape index (κ3) is 8.31. The first-order valence-corrected chi connectivity index (χ1v) is 10.4. The highest BCUT2D eigenvalue weighted by Crippen LogP contribution is 2.15. The van der Waals surface area contributed by atoms with Gasteiger partial charge in [-0.05, 0) is 58.6 Å². The first-order chi connectivity index (χ1) is 14.3. The van der Waals surface area contributed by atoms with Gasteiger partial charge in [0.25, 0.3) is 5.91 Å². The van der Waals surface area contributed by atoms with Crippen LogP contribution in [0.15, 0.2) is 18.3 Å². The van der Waals surface area contributed by atoms with Crippen LogP contribution in [0.5, 0.6) is 5.88 Å². The number of halogens is 1. The van der Waals surface area contributed by atoms with Crippen LogP contribution in [0.4, 0.5) is 4.39 Å². The van der Waals surface area contributed by atoms with Gasteiger partial charge in [-0.15, -0.1) is 0 Å². The highest BCUT2D eigenvalue weighted by molar-refractivity contribution is 5.94. The van der Waals surface area contributed by atoms with Crippen molar-refractivity contribution in [2.24, 2.45) is 0 Å². The number of hydrogen-bond donors (Lipinski definition) is 1. The second-order valence-corrected chi connectivity index (χ2v) is 6.77. The number of unbranched alkanes of at least 4 members (excludes halogenated alkanes) is 1. The van der Waals surface area contributed by atoms with E-state index in [0.717, 1.165) is 18.7 Å². The zero-order chi connectivity index (χ0) is 22.5. The summed E-state index contributed by atoms with van der Waals surface area (Å²) >= 11 is 0. The van der Waals surface area contributed by atoms with Gasteiger partial charge in [-0.1, -0.05) is 6.92 Å². The second kappa shape index (κ2) is 13.5. The third-order valence-corrected chi connectivity index (χ3v) is 4.34. The minimum Gasteiger partial charge on any atom is -0.492 e. The largest absolute Gasteiger partial charge is 0.492 e. The van der Waals surface area contributed by atoms with Crippen molar-refractivity contribution in [3.63, 3.8) is 0 Å². The van der Waals surface area contributed by atoms with Crippen LogP contribution < -0.4 is 0 Å². The second-order valence-electron chi connectivity index (χ2n) is 6.77. The van der Waals surface area contributed by atoms with Crippen LogP contribution in [0.1, 0.15) is 68.2 Å². The number of amides is 1. The molecule has 0 fully saturated rings. The predicted molar refractivity (Wildman–Crippen MR) is 112 cm³/mol. The van der Waals surface area contributed by atoms with E-state index >= 15 is 0 Å². The van der Waals surface area contributed by atoms with E-state index in [1.807, 2.05) is 13.8 Å². The molecule has 1 N–H and O–H groups in total. The van der Waals surface area contributed by atoms with Crippen molar-refractivity contribution in [2.75, 3.05) is 19.7 Å².